The highest BCUT2D eigenvalue weighted by Gasteiger charge is 1.95. The van der Waals surface area contributed by atoms with Gasteiger partial charge in [0.2, 0.25) is 4.77 Å². The third-order valence-corrected chi connectivity index (χ3v) is 2.22. The van der Waals surface area contributed by atoms with Gasteiger partial charge in [-0.05, 0) is 29.9 Å². The second-order valence-electron chi connectivity index (χ2n) is 3.19. The fraction of sp³-hybridized carbons (Fsp3) is 0.0833. The molecular formula is C12H10N2S. The van der Waals surface area contributed by atoms with E-state index in [-0.39, 0.29) is 0 Å². The number of hydrogen-bond acceptors (Lipinski definition) is 3. The molecule has 0 unspecified atom stereocenters. The number of rotatable bonds is 2. The minimum absolute atomic E-state index is 0.394. The summed E-state index contributed by atoms with van der Waals surface area (Å²) < 4.78 is 0.394. The summed E-state index contributed by atoms with van der Waals surface area (Å²) >= 11 is 4.96. The zero-order chi connectivity index (χ0) is 10.5. The van der Waals surface area contributed by atoms with Crippen LogP contribution in [-0.4, -0.2) is 9.97 Å². The largest absolute Gasteiger partial charge is 0.227 e. The molecule has 1 heterocycles. The molecule has 2 nitrogen and oxygen atoms in total. The molecule has 1 aromatic heterocycles. The molecule has 0 saturated carbocycles. The molecule has 0 bridgehead atoms. The molecule has 0 saturated heterocycles. The van der Waals surface area contributed by atoms with Crippen LogP contribution in [0, 0.1) is 4.77 Å². The van der Waals surface area contributed by atoms with Crippen molar-refractivity contribution in [2.45, 2.75) is 6.42 Å². The van der Waals surface area contributed by atoms with Gasteiger partial charge in [0, 0.05) is 18.3 Å². The van der Waals surface area contributed by atoms with Crippen molar-refractivity contribution in [2.24, 2.45) is 0 Å². The second-order valence-corrected chi connectivity index (χ2v) is 3.55. The number of benzene rings is 1. The highest BCUT2D eigenvalue weighted by Crippen LogP contribution is 2.05. The van der Waals surface area contributed by atoms with Crippen LogP contribution in [0.3, 0.4) is 0 Å². The maximum absolute atomic E-state index is 4.96. The Labute approximate surface area is 93.7 Å². The van der Waals surface area contributed by atoms with Gasteiger partial charge >= 0.3 is 0 Å². The van der Waals surface area contributed by atoms with Crippen LogP contribution in [0.25, 0.3) is 0 Å². The van der Waals surface area contributed by atoms with Gasteiger partial charge in [0.05, 0.1) is 0 Å². The maximum Gasteiger partial charge on any atom is 0.219 e. The van der Waals surface area contributed by atoms with Crippen LogP contribution in [0.1, 0.15) is 11.3 Å². The molecule has 0 N–H and O–H groups in total. The van der Waals surface area contributed by atoms with E-state index in [1.165, 1.54) is 5.56 Å². The molecule has 0 aliphatic heterocycles. The fourth-order valence-corrected chi connectivity index (χ4v) is 1.53. The average molecular weight is 214 g/mol. The van der Waals surface area contributed by atoms with Crippen molar-refractivity contribution in [1.82, 2.24) is 9.97 Å². The number of nitrogens with zero attached hydrogens (tertiary/aromatic N) is 2. The minimum atomic E-state index is 0.394. The van der Waals surface area contributed by atoms with E-state index in [4.69, 9.17) is 12.2 Å². The summed E-state index contributed by atoms with van der Waals surface area (Å²) in [5, 5.41) is 0. The van der Waals surface area contributed by atoms with Gasteiger partial charge in [-0.15, -0.1) is 0 Å². The summed E-state index contributed by atoms with van der Waals surface area (Å²) in [7, 11) is 0. The van der Waals surface area contributed by atoms with Gasteiger partial charge in [0.25, 0.3) is 0 Å². The van der Waals surface area contributed by atoms with Crippen molar-refractivity contribution in [3.63, 3.8) is 0 Å². The van der Waals surface area contributed by atoms with E-state index < -0.39 is 0 Å². The van der Waals surface area contributed by atoms with Crippen LogP contribution in [-0.2, 0) is 6.42 Å². The Kier molecular flexibility index (Phi) is 3.15. The Morgan fingerprint density at radius 3 is 2.60 bits per heavy atom. The summed E-state index contributed by atoms with van der Waals surface area (Å²) in [4.78, 5) is 8.18. The fourth-order valence-electron chi connectivity index (χ4n) is 1.35. The second kappa shape index (κ2) is 4.75. The molecule has 0 atom stereocenters. The van der Waals surface area contributed by atoms with Crippen molar-refractivity contribution in [2.75, 3.05) is 0 Å². The lowest BCUT2D eigenvalue weighted by Gasteiger charge is -1.97. The first-order valence-corrected chi connectivity index (χ1v) is 5.11. The van der Waals surface area contributed by atoms with E-state index in [1.807, 2.05) is 30.3 Å². The van der Waals surface area contributed by atoms with Crippen molar-refractivity contribution in [3.05, 3.63) is 64.7 Å². The van der Waals surface area contributed by atoms with Crippen LogP contribution < -0.4 is 0 Å². The zero-order valence-electron chi connectivity index (χ0n) is 8.13. The van der Waals surface area contributed by atoms with Gasteiger partial charge in [-0.3, -0.25) is 0 Å². The van der Waals surface area contributed by atoms with Crippen LogP contribution >= 0.6 is 12.2 Å². The Morgan fingerprint density at radius 2 is 1.80 bits per heavy atom. The molecule has 0 fully saturated rings. The monoisotopic (exact) mass is 214 g/mol. The summed E-state index contributed by atoms with van der Waals surface area (Å²) in [5.74, 6) is 0. The van der Waals surface area contributed by atoms with Gasteiger partial charge in [-0.2, -0.15) is 0 Å². The molecule has 0 aliphatic rings. The number of aromatic nitrogens is 2. The average Bonchev–Trinajstić information content (AvgIpc) is 2.44. The van der Waals surface area contributed by atoms with Crippen molar-refractivity contribution >= 4 is 12.2 Å². The lowest BCUT2D eigenvalue weighted by Crippen LogP contribution is -1.89. The molecule has 3 heteroatoms. The Balaban J connectivity index is 2.30. The quantitative estimate of drug-likeness (QED) is 0.719. The first-order chi connectivity index (χ1) is 7.34. The predicted molar refractivity (Wildman–Crippen MR) is 62.1 cm³/mol. The smallest absolute Gasteiger partial charge is 0.219 e. The topological polar surface area (TPSA) is 25.8 Å². The Morgan fingerprint density at radius 1 is 1.00 bits per heavy atom. The van der Waals surface area contributed by atoms with Crippen LogP contribution in [0.4, 0.5) is 0 Å². The molecule has 74 valence electrons. The third-order valence-electron chi connectivity index (χ3n) is 2.03. The molecule has 0 amide bonds. The first-order valence-electron chi connectivity index (χ1n) is 4.71. The highest BCUT2D eigenvalue weighted by atomic mass is 32.1. The Bertz CT molecular complexity index is 497. The Hall–Kier alpha value is -1.61. The molecule has 1 aromatic carbocycles. The van der Waals surface area contributed by atoms with E-state index >= 15 is 0 Å². The van der Waals surface area contributed by atoms with Gasteiger partial charge in [-0.1, -0.05) is 30.3 Å². The highest BCUT2D eigenvalue weighted by molar-refractivity contribution is 7.71. The van der Waals surface area contributed by atoms with Crippen LogP contribution in [0.5, 0.6) is 0 Å². The molecule has 2 rings (SSSR count). The predicted octanol–water partition coefficient (Wildman–Crippen LogP) is 2.80. The molecule has 15 heavy (non-hydrogen) atoms. The van der Waals surface area contributed by atoms with Crippen LogP contribution in [0.2, 0.25) is 0 Å². The normalized spacial score (nSPS) is 9.87. The molecule has 0 spiro atoms. The number of hydrogen-bond donors (Lipinski definition) is 0. The van der Waals surface area contributed by atoms with Crippen molar-refractivity contribution < 1.29 is 0 Å². The van der Waals surface area contributed by atoms with Gasteiger partial charge in [-0.25, -0.2) is 9.97 Å². The van der Waals surface area contributed by atoms with Crippen molar-refractivity contribution in [3.8, 4) is 0 Å². The molecule has 0 aliphatic carbocycles. The van der Waals surface area contributed by atoms with E-state index in [9.17, 15) is 0 Å². The van der Waals surface area contributed by atoms with Gasteiger partial charge in [0.15, 0.2) is 0 Å². The molecular weight excluding hydrogens is 204 g/mol. The lowest BCUT2D eigenvalue weighted by molar-refractivity contribution is 1.05. The van der Waals surface area contributed by atoms with Gasteiger partial charge in [0.1, 0.15) is 0 Å². The van der Waals surface area contributed by atoms with Crippen LogP contribution in [0.15, 0.2) is 48.7 Å². The summed E-state index contributed by atoms with van der Waals surface area (Å²) in [6.45, 7) is 0. The molecule has 2 aromatic rings. The lowest BCUT2D eigenvalue weighted by atomic mass is 10.1. The maximum atomic E-state index is 4.96. The SMILES string of the molecule is S=c1ncccc(Cc2ccccc2)n1. The molecule has 0 radical (unpaired) electrons. The standard InChI is InChI=1S/C12H10N2S/c15-12-13-8-4-7-11(14-12)9-10-5-2-1-3-6-10/h1-8H,9H2. The van der Waals surface area contributed by atoms with E-state index in [0.717, 1.165) is 12.1 Å². The van der Waals surface area contributed by atoms with Gasteiger partial charge < -0.3 is 0 Å². The van der Waals surface area contributed by atoms with E-state index in [0.29, 0.717) is 4.77 Å². The minimum Gasteiger partial charge on any atom is -0.227 e. The van der Waals surface area contributed by atoms with E-state index in [1.54, 1.807) is 6.20 Å². The third kappa shape index (κ3) is 2.92. The first kappa shape index (κ1) is 9.93. The summed E-state index contributed by atoms with van der Waals surface area (Å²) in [6, 6.07) is 14.0. The summed E-state index contributed by atoms with van der Waals surface area (Å²) in [6.07, 6.45) is 2.46. The van der Waals surface area contributed by atoms with E-state index in [2.05, 4.69) is 22.1 Å². The zero-order valence-corrected chi connectivity index (χ0v) is 8.95. The van der Waals surface area contributed by atoms with Crippen molar-refractivity contribution in [1.29, 1.82) is 0 Å². The summed E-state index contributed by atoms with van der Waals surface area (Å²) in [5.41, 5.74) is 2.18.